The lowest BCUT2D eigenvalue weighted by molar-refractivity contribution is 0.151. The predicted molar refractivity (Wildman–Crippen MR) is 57.7 cm³/mol. The summed E-state index contributed by atoms with van der Waals surface area (Å²) in [6, 6.07) is 0. The highest BCUT2D eigenvalue weighted by atomic mass is 14.5. The number of hydrogen-bond donors (Lipinski definition) is 0. The zero-order chi connectivity index (χ0) is 9.31. The molecule has 0 heterocycles. The quantitative estimate of drug-likeness (QED) is 0.591. The average Bonchev–Trinajstić information content (AvgIpc) is 2.41. The van der Waals surface area contributed by atoms with Crippen molar-refractivity contribution in [2.75, 3.05) is 0 Å². The van der Waals surface area contributed by atoms with Crippen LogP contribution in [-0.2, 0) is 0 Å². The van der Waals surface area contributed by atoms with Crippen LogP contribution in [0.5, 0.6) is 0 Å². The molecule has 0 aliphatic heterocycles. The topological polar surface area (TPSA) is 0 Å². The Morgan fingerprint density at radius 3 is 2.85 bits per heavy atom. The summed E-state index contributed by atoms with van der Waals surface area (Å²) in [5.74, 6) is 2.18. The molecule has 2 aliphatic rings. The van der Waals surface area contributed by atoms with Gasteiger partial charge in [-0.05, 0) is 42.9 Å². The van der Waals surface area contributed by atoms with Crippen molar-refractivity contribution in [2.45, 2.75) is 65.2 Å². The maximum absolute atomic E-state index is 2.56. The highest BCUT2D eigenvalue weighted by Crippen LogP contribution is 2.55. The van der Waals surface area contributed by atoms with E-state index in [9.17, 15) is 0 Å². The first-order valence-electron chi connectivity index (χ1n) is 6.24. The van der Waals surface area contributed by atoms with Gasteiger partial charge in [0.2, 0.25) is 0 Å². The van der Waals surface area contributed by atoms with Crippen LogP contribution in [0.25, 0.3) is 0 Å². The molecule has 76 valence electrons. The van der Waals surface area contributed by atoms with Gasteiger partial charge < -0.3 is 0 Å². The molecule has 0 radical (unpaired) electrons. The number of rotatable bonds is 2. The van der Waals surface area contributed by atoms with Crippen LogP contribution in [-0.4, -0.2) is 0 Å². The van der Waals surface area contributed by atoms with Crippen LogP contribution < -0.4 is 0 Å². The predicted octanol–water partition coefficient (Wildman–Crippen LogP) is 4.39. The van der Waals surface area contributed by atoms with E-state index < -0.39 is 0 Å². The van der Waals surface area contributed by atoms with Gasteiger partial charge in [-0.25, -0.2) is 0 Å². The minimum absolute atomic E-state index is 0.762. The van der Waals surface area contributed by atoms with Crippen molar-refractivity contribution in [3.05, 3.63) is 0 Å². The molecule has 3 atom stereocenters. The van der Waals surface area contributed by atoms with Crippen molar-refractivity contribution in [3.63, 3.8) is 0 Å². The minimum atomic E-state index is 0.762. The van der Waals surface area contributed by atoms with E-state index >= 15 is 0 Å². The molecule has 0 heteroatoms. The molecular formula is C13H24. The van der Waals surface area contributed by atoms with Gasteiger partial charge in [0, 0.05) is 0 Å². The van der Waals surface area contributed by atoms with Crippen molar-refractivity contribution >= 4 is 0 Å². The summed E-state index contributed by atoms with van der Waals surface area (Å²) in [7, 11) is 0. The van der Waals surface area contributed by atoms with Gasteiger partial charge in [-0.2, -0.15) is 0 Å². The molecule has 0 nitrogen and oxygen atoms in total. The summed E-state index contributed by atoms with van der Waals surface area (Å²) >= 11 is 0. The molecule has 2 rings (SSSR count). The highest BCUT2D eigenvalue weighted by Gasteiger charge is 2.43. The average molecular weight is 180 g/mol. The van der Waals surface area contributed by atoms with Gasteiger partial charge in [0.15, 0.2) is 0 Å². The monoisotopic (exact) mass is 180 g/mol. The molecule has 2 aliphatic carbocycles. The Morgan fingerprint density at radius 1 is 1.31 bits per heavy atom. The van der Waals surface area contributed by atoms with E-state index in [2.05, 4.69) is 13.8 Å². The molecule has 0 aromatic heterocycles. The van der Waals surface area contributed by atoms with E-state index in [1.165, 1.54) is 38.5 Å². The van der Waals surface area contributed by atoms with Gasteiger partial charge in [-0.1, -0.05) is 39.5 Å². The summed E-state index contributed by atoms with van der Waals surface area (Å²) < 4.78 is 0. The summed E-state index contributed by atoms with van der Waals surface area (Å²) in [5.41, 5.74) is 0.762. The van der Waals surface area contributed by atoms with E-state index in [4.69, 9.17) is 0 Å². The third-order valence-corrected chi connectivity index (χ3v) is 4.61. The van der Waals surface area contributed by atoms with Crippen molar-refractivity contribution in [1.29, 1.82) is 0 Å². The third-order valence-electron chi connectivity index (χ3n) is 4.61. The van der Waals surface area contributed by atoms with Crippen LogP contribution in [0, 0.1) is 17.3 Å². The Balaban J connectivity index is 1.98. The Labute approximate surface area is 83.1 Å². The summed E-state index contributed by atoms with van der Waals surface area (Å²) in [4.78, 5) is 0. The van der Waals surface area contributed by atoms with Crippen LogP contribution in [0.4, 0.5) is 0 Å². The zero-order valence-corrected chi connectivity index (χ0v) is 9.31. The van der Waals surface area contributed by atoms with Gasteiger partial charge in [0.05, 0.1) is 0 Å². The Hall–Kier alpha value is 0. The minimum Gasteiger partial charge on any atom is -0.0654 e. The summed E-state index contributed by atoms with van der Waals surface area (Å²) in [5, 5.41) is 0. The Bertz CT molecular complexity index is 173. The molecule has 0 aromatic carbocycles. The third kappa shape index (κ3) is 1.78. The number of hydrogen-bond acceptors (Lipinski definition) is 0. The SMILES string of the molecule is CCCC1CC2CCCCC2(C)C1. The molecule has 3 unspecified atom stereocenters. The zero-order valence-electron chi connectivity index (χ0n) is 9.31. The fourth-order valence-electron chi connectivity index (χ4n) is 3.92. The van der Waals surface area contributed by atoms with Crippen LogP contribution in [0.3, 0.4) is 0 Å². The lowest BCUT2D eigenvalue weighted by atomic mass is 9.70. The van der Waals surface area contributed by atoms with Gasteiger partial charge >= 0.3 is 0 Å². The maximum atomic E-state index is 2.56. The van der Waals surface area contributed by atoms with Crippen molar-refractivity contribution < 1.29 is 0 Å². The fraction of sp³-hybridized carbons (Fsp3) is 1.00. The van der Waals surface area contributed by atoms with Gasteiger partial charge in [-0.15, -0.1) is 0 Å². The van der Waals surface area contributed by atoms with Gasteiger partial charge in [-0.3, -0.25) is 0 Å². The first kappa shape index (κ1) is 9.55. The highest BCUT2D eigenvalue weighted by molar-refractivity contribution is 4.94. The van der Waals surface area contributed by atoms with Gasteiger partial charge in [0.25, 0.3) is 0 Å². The smallest absolute Gasteiger partial charge is 0.0295 e. The normalized spacial score (nSPS) is 44.8. The summed E-state index contributed by atoms with van der Waals surface area (Å²) in [6.07, 6.45) is 12.1. The van der Waals surface area contributed by atoms with Crippen molar-refractivity contribution in [2.24, 2.45) is 17.3 Å². The molecule has 0 bridgehead atoms. The standard InChI is InChI=1S/C13H24/c1-3-6-11-9-12-7-4-5-8-13(12,2)10-11/h11-12H,3-10H2,1-2H3. The van der Waals surface area contributed by atoms with E-state index in [1.807, 2.05) is 0 Å². The Morgan fingerprint density at radius 2 is 2.15 bits per heavy atom. The van der Waals surface area contributed by atoms with Crippen molar-refractivity contribution in [1.82, 2.24) is 0 Å². The van der Waals surface area contributed by atoms with E-state index in [1.54, 1.807) is 12.8 Å². The van der Waals surface area contributed by atoms with E-state index in [0.717, 1.165) is 17.3 Å². The largest absolute Gasteiger partial charge is 0.0654 e. The molecular weight excluding hydrogens is 156 g/mol. The molecule has 13 heavy (non-hydrogen) atoms. The van der Waals surface area contributed by atoms with Crippen LogP contribution in [0.2, 0.25) is 0 Å². The maximum Gasteiger partial charge on any atom is -0.0295 e. The molecule has 0 spiro atoms. The van der Waals surface area contributed by atoms with Crippen LogP contribution >= 0.6 is 0 Å². The second-order valence-electron chi connectivity index (χ2n) is 5.69. The van der Waals surface area contributed by atoms with Crippen molar-refractivity contribution in [3.8, 4) is 0 Å². The lowest BCUT2D eigenvalue weighted by Gasteiger charge is -2.36. The second-order valence-corrected chi connectivity index (χ2v) is 5.69. The second kappa shape index (κ2) is 3.63. The Kier molecular flexibility index (Phi) is 2.67. The molecule has 0 aromatic rings. The molecule has 0 amide bonds. The van der Waals surface area contributed by atoms with Crippen LogP contribution in [0.1, 0.15) is 65.2 Å². The molecule has 0 saturated heterocycles. The lowest BCUT2D eigenvalue weighted by Crippen LogP contribution is -2.25. The fourth-order valence-corrected chi connectivity index (χ4v) is 3.92. The summed E-state index contributed by atoms with van der Waals surface area (Å²) in [6.45, 7) is 4.90. The molecule has 2 saturated carbocycles. The first-order valence-corrected chi connectivity index (χ1v) is 6.24. The van der Waals surface area contributed by atoms with Gasteiger partial charge in [0.1, 0.15) is 0 Å². The molecule has 2 fully saturated rings. The van der Waals surface area contributed by atoms with Crippen LogP contribution in [0.15, 0.2) is 0 Å². The first-order chi connectivity index (χ1) is 6.24. The van der Waals surface area contributed by atoms with E-state index in [0.29, 0.717) is 0 Å². The molecule has 0 N–H and O–H groups in total. The number of fused-ring (bicyclic) bond motifs is 1. The van der Waals surface area contributed by atoms with E-state index in [-0.39, 0.29) is 0 Å².